The van der Waals surface area contributed by atoms with Gasteiger partial charge in [-0.3, -0.25) is 5.10 Å². The smallest absolute Gasteiger partial charge is 0.163 e. The molecular formula is C20H19ClFN7. The number of anilines is 2. The van der Waals surface area contributed by atoms with E-state index < -0.39 is 5.82 Å². The van der Waals surface area contributed by atoms with E-state index in [0.717, 1.165) is 30.4 Å². The third kappa shape index (κ3) is 4.33. The molecule has 9 heteroatoms. The lowest BCUT2D eigenvalue weighted by atomic mass is 10.2. The van der Waals surface area contributed by atoms with Crippen LogP contribution in [-0.4, -0.2) is 50.7 Å². The highest BCUT2D eigenvalue weighted by Crippen LogP contribution is 2.28. The van der Waals surface area contributed by atoms with Crippen molar-refractivity contribution >= 4 is 34.3 Å². The fourth-order valence-corrected chi connectivity index (χ4v) is 3.11. The van der Waals surface area contributed by atoms with Gasteiger partial charge in [-0.25, -0.2) is 19.3 Å². The van der Waals surface area contributed by atoms with Crippen molar-refractivity contribution in [2.45, 2.75) is 6.42 Å². The van der Waals surface area contributed by atoms with Crippen molar-refractivity contribution in [3.63, 3.8) is 0 Å². The van der Waals surface area contributed by atoms with E-state index in [1.165, 1.54) is 6.07 Å². The number of hydrogen-bond acceptors (Lipinski definition) is 6. The number of nitrogens with one attached hydrogen (secondary N) is 2. The summed E-state index contributed by atoms with van der Waals surface area (Å²) in [6.45, 7) is 0.832. The minimum atomic E-state index is -0.437. The molecule has 0 radical (unpaired) electrons. The maximum atomic E-state index is 13.6. The number of H-pyrrole nitrogens is 1. The Labute approximate surface area is 172 Å². The molecule has 0 aliphatic heterocycles. The van der Waals surface area contributed by atoms with Crippen molar-refractivity contribution in [2.75, 3.05) is 26.0 Å². The molecule has 0 atom stereocenters. The highest BCUT2D eigenvalue weighted by atomic mass is 35.5. The molecule has 4 aromatic rings. The van der Waals surface area contributed by atoms with Crippen molar-refractivity contribution in [2.24, 2.45) is 0 Å². The van der Waals surface area contributed by atoms with Crippen LogP contribution in [0.25, 0.3) is 22.4 Å². The summed E-state index contributed by atoms with van der Waals surface area (Å²) >= 11 is 6.35. The van der Waals surface area contributed by atoms with E-state index >= 15 is 0 Å². The van der Waals surface area contributed by atoms with Gasteiger partial charge in [-0.05, 0) is 32.3 Å². The Morgan fingerprint density at radius 2 is 2.00 bits per heavy atom. The Balaban J connectivity index is 1.75. The molecule has 4 rings (SSSR count). The van der Waals surface area contributed by atoms with Gasteiger partial charge in [0, 0.05) is 30.3 Å². The van der Waals surface area contributed by atoms with Crippen LogP contribution < -0.4 is 5.32 Å². The standard InChI is InChI=1S/C20H19ClFN7/c1-29(2)8-7-13-10-17(25-19(24-13)14-5-3-4-6-16(14)21)26-20-15-9-12(22)11-23-18(15)27-28-20/h3-6,9-11H,7-8H2,1-2H3,(H2,23,24,25,26,27,28). The predicted molar refractivity (Wildman–Crippen MR) is 112 cm³/mol. The monoisotopic (exact) mass is 411 g/mol. The summed E-state index contributed by atoms with van der Waals surface area (Å²) in [6.07, 6.45) is 1.88. The number of pyridine rings is 1. The quantitative estimate of drug-likeness (QED) is 0.498. The van der Waals surface area contributed by atoms with Gasteiger partial charge in [0.15, 0.2) is 17.3 Å². The number of halogens is 2. The number of aromatic amines is 1. The Morgan fingerprint density at radius 1 is 1.17 bits per heavy atom. The molecule has 0 amide bonds. The predicted octanol–water partition coefficient (Wildman–Crippen LogP) is 4.06. The first-order valence-corrected chi connectivity index (χ1v) is 9.41. The molecule has 0 saturated heterocycles. The molecule has 0 aliphatic carbocycles. The molecule has 7 nitrogen and oxygen atoms in total. The first kappa shape index (κ1) is 19.2. The van der Waals surface area contributed by atoms with E-state index in [-0.39, 0.29) is 0 Å². The summed E-state index contributed by atoms with van der Waals surface area (Å²) in [4.78, 5) is 15.4. The van der Waals surface area contributed by atoms with Gasteiger partial charge >= 0.3 is 0 Å². The fourth-order valence-electron chi connectivity index (χ4n) is 2.89. The summed E-state index contributed by atoms with van der Waals surface area (Å²) in [6, 6.07) is 10.7. The van der Waals surface area contributed by atoms with Crippen LogP contribution in [0.15, 0.2) is 42.6 Å². The van der Waals surface area contributed by atoms with Crippen LogP contribution in [0.5, 0.6) is 0 Å². The molecule has 0 spiro atoms. The first-order chi connectivity index (χ1) is 14.0. The Morgan fingerprint density at radius 3 is 2.79 bits per heavy atom. The van der Waals surface area contributed by atoms with Gasteiger partial charge in [0.1, 0.15) is 11.6 Å². The molecule has 0 bridgehead atoms. The second-order valence-corrected chi connectivity index (χ2v) is 7.26. The highest BCUT2D eigenvalue weighted by molar-refractivity contribution is 6.33. The molecule has 0 fully saturated rings. The van der Waals surface area contributed by atoms with Gasteiger partial charge in [0.2, 0.25) is 0 Å². The van der Waals surface area contributed by atoms with Crippen LogP contribution in [-0.2, 0) is 6.42 Å². The van der Waals surface area contributed by atoms with E-state index in [1.54, 1.807) is 6.07 Å². The molecule has 1 aromatic carbocycles. The average Bonchev–Trinajstić information content (AvgIpc) is 3.08. The van der Waals surface area contributed by atoms with Crippen LogP contribution in [0.4, 0.5) is 16.0 Å². The SMILES string of the molecule is CN(C)CCc1cc(Nc2n[nH]c3ncc(F)cc23)nc(-c2ccccc2Cl)n1. The van der Waals surface area contributed by atoms with E-state index in [2.05, 4.69) is 35.4 Å². The summed E-state index contributed by atoms with van der Waals surface area (Å²) < 4.78 is 13.6. The third-order valence-corrected chi connectivity index (χ3v) is 4.67. The van der Waals surface area contributed by atoms with Gasteiger partial charge in [-0.15, -0.1) is 0 Å². The summed E-state index contributed by atoms with van der Waals surface area (Å²) in [7, 11) is 4.01. The second kappa shape index (κ2) is 8.10. The van der Waals surface area contributed by atoms with Crippen LogP contribution in [0.1, 0.15) is 5.69 Å². The highest BCUT2D eigenvalue weighted by Gasteiger charge is 2.13. The van der Waals surface area contributed by atoms with Crippen molar-refractivity contribution in [3.05, 3.63) is 59.1 Å². The number of hydrogen-bond donors (Lipinski definition) is 2. The lowest BCUT2D eigenvalue weighted by molar-refractivity contribution is 0.412. The lowest BCUT2D eigenvalue weighted by Gasteiger charge is -2.12. The van der Waals surface area contributed by atoms with Gasteiger partial charge in [-0.1, -0.05) is 23.7 Å². The zero-order valence-electron chi connectivity index (χ0n) is 15.9. The van der Waals surface area contributed by atoms with E-state index in [9.17, 15) is 4.39 Å². The summed E-state index contributed by atoms with van der Waals surface area (Å²) in [5.41, 5.74) is 2.08. The maximum absolute atomic E-state index is 13.6. The number of aromatic nitrogens is 5. The molecule has 2 N–H and O–H groups in total. The Kier molecular flexibility index (Phi) is 5.37. The number of fused-ring (bicyclic) bond motifs is 1. The van der Waals surface area contributed by atoms with Crippen molar-refractivity contribution in [3.8, 4) is 11.4 Å². The van der Waals surface area contributed by atoms with E-state index in [0.29, 0.717) is 33.5 Å². The van der Waals surface area contributed by atoms with Crippen LogP contribution in [0, 0.1) is 5.82 Å². The molecule has 148 valence electrons. The number of likely N-dealkylation sites (N-methyl/N-ethyl adjacent to an activating group) is 1. The van der Waals surface area contributed by atoms with Gasteiger partial charge in [-0.2, -0.15) is 5.10 Å². The largest absolute Gasteiger partial charge is 0.323 e. The number of nitrogens with zero attached hydrogens (tertiary/aromatic N) is 5. The average molecular weight is 412 g/mol. The molecule has 3 heterocycles. The second-order valence-electron chi connectivity index (χ2n) is 6.85. The molecular weight excluding hydrogens is 393 g/mol. The van der Waals surface area contributed by atoms with E-state index in [1.807, 2.05) is 38.4 Å². The topological polar surface area (TPSA) is 82.6 Å². The zero-order valence-corrected chi connectivity index (χ0v) is 16.7. The maximum Gasteiger partial charge on any atom is 0.163 e. The third-order valence-electron chi connectivity index (χ3n) is 4.34. The molecule has 29 heavy (non-hydrogen) atoms. The van der Waals surface area contributed by atoms with Crippen LogP contribution in [0.3, 0.4) is 0 Å². The van der Waals surface area contributed by atoms with Crippen molar-refractivity contribution in [1.29, 1.82) is 0 Å². The molecule has 0 unspecified atom stereocenters. The van der Waals surface area contributed by atoms with Gasteiger partial charge in [0.25, 0.3) is 0 Å². The number of benzene rings is 1. The lowest BCUT2D eigenvalue weighted by Crippen LogP contribution is -2.16. The van der Waals surface area contributed by atoms with Crippen molar-refractivity contribution in [1.82, 2.24) is 30.0 Å². The van der Waals surface area contributed by atoms with Gasteiger partial charge < -0.3 is 10.2 Å². The molecule has 3 aromatic heterocycles. The Hall–Kier alpha value is -3.10. The minimum absolute atomic E-state index is 0.437. The normalized spacial score (nSPS) is 11.3. The summed E-state index contributed by atoms with van der Waals surface area (Å²) in [5.74, 6) is 1.06. The fraction of sp³-hybridized carbons (Fsp3) is 0.200. The Bertz CT molecular complexity index is 1160. The first-order valence-electron chi connectivity index (χ1n) is 9.04. The van der Waals surface area contributed by atoms with Crippen LogP contribution in [0.2, 0.25) is 5.02 Å². The van der Waals surface area contributed by atoms with Crippen LogP contribution >= 0.6 is 11.6 Å². The summed E-state index contributed by atoms with van der Waals surface area (Å²) in [5, 5.41) is 11.2. The van der Waals surface area contributed by atoms with Crippen molar-refractivity contribution < 1.29 is 4.39 Å². The number of rotatable bonds is 6. The minimum Gasteiger partial charge on any atom is -0.323 e. The zero-order chi connectivity index (χ0) is 20.4. The van der Waals surface area contributed by atoms with E-state index in [4.69, 9.17) is 11.6 Å². The molecule has 0 aliphatic rings. The molecule has 0 saturated carbocycles. The van der Waals surface area contributed by atoms with Gasteiger partial charge in [0.05, 0.1) is 16.6 Å².